The van der Waals surface area contributed by atoms with Crippen molar-refractivity contribution in [1.82, 2.24) is 4.90 Å². The first-order valence-electron chi connectivity index (χ1n) is 10.0. The van der Waals surface area contributed by atoms with Gasteiger partial charge in [-0.25, -0.2) is 4.79 Å². The number of ether oxygens (including phenoxy) is 1. The molecule has 4 N–H and O–H groups in total. The van der Waals surface area contributed by atoms with E-state index in [0.29, 0.717) is 17.9 Å². The van der Waals surface area contributed by atoms with Gasteiger partial charge in [0.15, 0.2) is 11.8 Å². The molecule has 0 aliphatic carbocycles. The number of benzene rings is 1. The van der Waals surface area contributed by atoms with Gasteiger partial charge in [0.25, 0.3) is 0 Å². The normalized spacial score (nSPS) is 18.6. The molecule has 0 bridgehead atoms. The van der Waals surface area contributed by atoms with E-state index in [2.05, 4.69) is 17.2 Å². The number of carbonyl (C=O) groups excluding carboxylic acids is 2. The summed E-state index contributed by atoms with van der Waals surface area (Å²) < 4.78 is 4.97. The summed E-state index contributed by atoms with van der Waals surface area (Å²) in [4.78, 5) is 26.4. The van der Waals surface area contributed by atoms with E-state index in [-0.39, 0.29) is 29.7 Å². The van der Waals surface area contributed by atoms with E-state index in [1.54, 1.807) is 31.2 Å². The second-order valence-electron chi connectivity index (χ2n) is 7.53. The Morgan fingerprint density at radius 3 is 2.75 bits per heavy atom. The smallest absolute Gasteiger partial charge is 0.351 e. The van der Waals surface area contributed by atoms with Crippen molar-refractivity contribution >= 4 is 35.0 Å². The van der Waals surface area contributed by atoms with Gasteiger partial charge in [-0.2, -0.15) is 5.26 Å². The van der Waals surface area contributed by atoms with Gasteiger partial charge in [-0.1, -0.05) is 30.5 Å². The van der Waals surface area contributed by atoms with E-state index in [1.165, 1.54) is 24.8 Å². The molecule has 1 aromatic carbocycles. The quantitative estimate of drug-likeness (QED) is 0.136. The first-order valence-corrected chi connectivity index (χ1v) is 10.9. The number of nitrogens with zero attached hydrogens (tertiary/aromatic N) is 2. The molecule has 1 aliphatic heterocycles. The number of esters is 1. The maximum atomic E-state index is 12.8. The van der Waals surface area contributed by atoms with E-state index >= 15 is 0 Å². The maximum Gasteiger partial charge on any atom is 0.351 e. The average molecular weight is 461 g/mol. The third-order valence-electron chi connectivity index (χ3n) is 4.55. The Morgan fingerprint density at radius 1 is 1.47 bits per heavy atom. The first kappa shape index (κ1) is 25.3. The van der Waals surface area contributed by atoms with Crippen LogP contribution in [0.25, 0.3) is 0 Å². The number of aliphatic hydroxyl groups is 2. The molecule has 172 valence electrons. The highest BCUT2D eigenvalue weighted by molar-refractivity contribution is 8.04. The lowest BCUT2D eigenvalue weighted by atomic mass is 10.1. The van der Waals surface area contributed by atoms with Crippen LogP contribution in [0.15, 0.2) is 47.5 Å². The molecule has 1 aromatic rings. The Kier molecular flexibility index (Phi) is 8.72. The van der Waals surface area contributed by atoms with Gasteiger partial charge in [-0.3, -0.25) is 4.79 Å². The van der Waals surface area contributed by atoms with Crippen molar-refractivity contribution in [2.45, 2.75) is 37.9 Å². The summed E-state index contributed by atoms with van der Waals surface area (Å²) >= 11 is 1.14. The predicted octanol–water partition coefficient (Wildman–Crippen LogP) is 2.03. The minimum atomic E-state index is -1.33. The van der Waals surface area contributed by atoms with Gasteiger partial charge in [0, 0.05) is 24.5 Å². The number of hydrogen-bond donors (Lipinski definition) is 4. The summed E-state index contributed by atoms with van der Waals surface area (Å²) in [7, 11) is 0. The number of nitrogens with one attached hydrogen (secondary N) is 2. The Balaban J connectivity index is 2.12. The summed E-state index contributed by atoms with van der Waals surface area (Å²) in [5.41, 5.74) is -0.255. The lowest BCUT2D eigenvalue weighted by Crippen LogP contribution is -2.41. The van der Waals surface area contributed by atoms with Crippen molar-refractivity contribution in [2.24, 2.45) is 0 Å². The maximum absolute atomic E-state index is 12.8. The zero-order chi connectivity index (χ0) is 23.9. The SMILES string of the molecule is C=CCOC(=O)/C(C#N)=C1\S[C@H](CNc2cccc(NC(O)C(C)(C)O)c2)C(=O)N1CC. The Morgan fingerprint density at radius 2 is 2.16 bits per heavy atom. The van der Waals surface area contributed by atoms with Crippen LogP contribution >= 0.6 is 11.8 Å². The number of aliphatic hydroxyl groups excluding tert-OH is 1. The van der Waals surface area contributed by atoms with Crippen molar-refractivity contribution < 1.29 is 24.5 Å². The molecule has 0 spiro atoms. The number of anilines is 2. The van der Waals surface area contributed by atoms with E-state index < -0.39 is 23.0 Å². The van der Waals surface area contributed by atoms with Crippen molar-refractivity contribution in [2.75, 3.05) is 30.3 Å². The number of hydrogen-bond acceptors (Lipinski definition) is 9. The van der Waals surface area contributed by atoms with Crippen molar-refractivity contribution in [3.8, 4) is 6.07 Å². The molecule has 1 heterocycles. The lowest BCUT2D eigenvalue weighted by molar-refractivity contribution is -0.137. The first-order chi connectivity index (χ1) is 15.1. The molecule has 0 radical (unpaired) electrons. The molecule has 0 saturated carbocycles. The van der Waals surface area contributed by atoms with Crippen LogP contribution in [0.3, 0.4) is 0 Å². The van der Waals surface area contributed by atoms with E-state index in [0.717, 1.165) is 11.8 Å². The second kappa shape index (κ2) is 11.0. The summed E-state index contributed by atoms with van der Waals surface area (Å²) in [6.07, 6.45) is 0.235. The largest absolute Gasteiger partial charge is 0.457 e. The molecule has 1 fully saturated rings. The van der Waals surface area contributed by atoms with Crippen molar-refractivity contribution in [1.29, 1.82) is 5.26 Å². The topological polar surface area (TPSA) is 135 Å². The van der Waals surface area contributed by atoms with E-state index in [1.807, 2.05) is 6.07 Å². The van der Waals surface area contributed by atoms with Gasteiger partial charge in [0.05, 0.1) is 0 Å². The molecule has 1 saturated heterocycles. The summed E-state index contributed by atoms with van der Waals surface area (Å²) in [5.74, 6) is -1.00. The summed E-state index contributed by atoms with van der Waals surface area (Å²) in [6, 6.07) is 8.89. The van der Waals surface area contributed by atoms with Crippen LogP contribution < -0.4 is 10.6 Å². The number of carbonyl (C=O) groups is 2. The van der Waals surface area contributed by atoms with Gasteiger partial charge in [-0.05, 0) is 39.0 Å². The number of amides is 1. The fourth-order valence-electron chi connectivity index (χ4n) is 2.80. The van der Waals surface area contributed by atoms with Gasteiger partial charge in [0.1, 0.15) is 28.6 Å². The van der Waals surface area contributed by atoms with Gasteiger partial charge >= 0.3 is 5.97 Å². The van der Waals surface area contributed by atoms with Crippen molar-refractivity contribution in [3.63, 3.8) is 0 Å². The Bertz CT molecular complexity index is 935. The number of rotatable bonds is 10. The average Bonchev–Trinajstić information content (AvgIpc) is 3.05. The van der Waals surface area contributed by atoms with Gasteiger partial charge < -0.3 is 30.5 Å². The molecule has 32 heavy (non-hydrogen) atoms. The monoisotopic (exact) mass is 460 g/mol. The second-order valence-corrected chi connectivity index (χ2v) is 8.72. The number of nitriles is 1. The zero-order valence-corrected chi connectivity index (χ0v) is 19.1. The Labute approximate surface area is 191 Å². The molecular formula is C22H28N4O5S. The summed E-state index contributed by atoms with van der Waals surface area (Å²) in [5, 5.41) is 35.1. The Hall–Kier alpha value is -3.00. The molecule has 1 unspecified atom stereocenters. The summed E-state index contributed by atoms with van der Waals surface area (Å²) in [6.45, 7) is 8.75. The van der Waals surface area contributed by atoms with E-state index in [9.17, 15) is 25.1 Å². The van der Waals surface area contributed by atoms with Crippen LogP contribution in [-0.2, 0) is 14.3 Å². The number of thioether (sulfide) groups is 1. The van der Waals surface area contributed by atoms with Gasteiger partial charge in [-0.15, -0.1) is 0 Å². The highest BCUT2D eigenvalue weighted by atomic mass is 32.2. The van der Waals surface area contributed by atoms with Crippen LogP contribution in [0.2, 0.25) is 0 Å². The van der Waals surface area contributed by atoms with Crippen LogP contribution in [0, 0.1) is 11.3 Å². The highest BCUT2D eigenvalue weighted by Crippen LogP contribution is 2.37. The molecule has 10 heteroatoms. The third-order valence-corrected chi connectivity index (χ3v) is 5.85. The predicted molar refractivity (Wildman–Crippen MR) is 123 cm³/mol. The van der Waals surface area contributed by atoms with Crippen LogP contribution in [0.1, 0.15) is 20.8 Å². The van der Waals surface area contributed by atoms with Crippen LogP contribution in [0.5, 0.6) is 0 Å². The van der Waals surface area contributed by atoms with Crippen LogP contribution in [0.4, 0.5) is 11.4 Å². The molecule has 9 nitrogen and oxygen atoms in total. The minimum Gasteiger partial charge on any atom is -0.457 e. The zero-order valence-electron chi connectivity index (χ0n) is 18.3. The highest BCUT2D eigenvalue weighted by Gasteiger charge is 2.39. The molecular weight excluding hydrogens is 432 g/mol. The fraction of sp³-hybridized carbons (Fsp3) is 0.409. The standard InChI is InChI=1S/C22H28N4O5S/c1-5-10-31-20(28)16(12-23)19-26(6-2)18(27)17(32-19)13-24-14-8-7-9-15(11-14)25-21(29)22(3,4)30/h5,7-9,11,17,21,24-25,29-30H,1,6,10,13H2,2-4H3/b19-16-/t17-,21?/m1/s1. The van der Waals surface area contributed by atoms with E-state index in [4.69, 9.17) is 4.74 Å². The minimum absolute atomic E-state index is 0.0282. The third kappa shape index (κ3) is 6.26. The van der Waals surface area contributed by atoms with Crippen LogP contribution in [-0.4, -0.2) is 63.8 Å². The molecule has 1 aliphatic rings. The molecule has 2 atom stereocenters. The lowest BCUT2D eigenvalue weighted by Gasteiger charge is -2.26. The van der Waals surface area contributed by atoms with Crippen molar-refractivity contribution in [3.05, 3.63) is 47.5 Å². The molecule has 1 amide bonds. The van der Waals surface area contributed by atoms with Gasteiger partial charge in [0.2, 0.25) is 5.91 Å². The fourth-order valence-corrected chi connectivity index (χ4v) is 4.05. The molecule has 2 rings (SSSR count). The molecule has 0 aromatic heterocycles.